The summed E-state index contributed by atoms with van der Waals surface area (Å²) in [6.07, 6.45) is 0. The summed E-state index contributed by atoms with van der Waals surface area (Å²) in [6.45, 7) is 0. The third-order valence-corrected chi connectivity index (χ3v) is 9.28. The van der Waals surface area contributed by atoms with Crippen molar-refractivity contribution < 1.29 is 4.42 Å². The molecule has 218 valence electrons. The molecule has 7 aromatic carbocycles. The number of hydrogen-bond acceptors (Lipinski definition) is 4. The third kappa shape index (κ3) is 4.05. The van der Waals surface area contributed by atoms with Crippen LogP contribution in [-0.4, -0.2) is 15.0 Å². The molecule has 0 radical (unpaired) electrons. The Balaban J connectivity index is 1.13. The van der Waals surface area contributed by atoms with Crippen molar-refractivity contribution >= 4 is 32.7 Å². The Kier molecular flexibility index (Phi) is 5.54. The lowest BCUT2D eigenvalue weighted by Crippen LogP contribution is -2.00. The van der Waals surface area contributed by atoms with Crippen LogP contribution in [0.4, 0.5) is 0 Å². The van der Waals surface area contributed by atoms with E-state index in [0.717, 1.165) is 44.2 Å². The smallest absolute Gasteiger partial charge is 0.164 e. The molecular weight excluding hydrogens is 574 g/mol. The second-order valence-corrected chi connectivity index (χ2v) is 12.0. The lowest BCUT2D eigenvalue weighted by molar-refractivity contribution is 0.669. The second-order valence-electron chi connectivity index (χ2n) is 12.0. The maximum absolute atomic E-state index is 6.62. The van der Waals surface area contributed by atoms with Crippen LogP contribution in [0.25, 0.3) is 100 Å². The highest BCUT2D eigenvalue weighted by Gasteiger charge is 2.24. The van der Waals surface area contributed by atoms with Crippen LogP contribution < -0.4 is 0 Å². The van der Waals surface area contributed by atoms with Gasteiger partial charge in [0.25, 0.3) is 0 Å². The molecule has 4 heteroatoms. The summed E-state index contributed by atoms with van der Waals surface area (Å²) in [7, 11) is 0. The SMILES string of the molecule is c1ccc(-c2ccc(-c3nc(-c4ccccc4)nc(-c4ccc5c(c4)oc4cc6c7c(cccc7c45)-c4ccccc4-6)n3)cc2)cc1. The van der Waals surface area contributed by atoms with E-state index in [1.807, 2.05) is 36.4 Å². The monoisotopic (exact) mass is 599 g/mol. The van der Waals surface area contributed by atoms with Gasteiger partial charge in [-0.3, -0.25) is 0 Å². The fourth-order valence-electron chi connectivity index (χ4n) is 7.07. The van der Waals surface area contributed by atoms with Crippen molar-refractivity contribution in [2.75, 3.05) is 0 Å². The van der Waals surface area contributed by atoms with Crippen molar-refractivity contribution in [2.24, 2.45) is 0 Å². The van der Waals surface area contributed by atoms with Crippen LogP contribution in [0.3, 0.4) is 0 Å². The zero-order valence-electron chi connectivity index (χ0n) is 25.2. The maximum Gasteiger partial charge on any atom is 0.164 e. The average molecular weight is 600 g/mol. The van der Waals surface area contributed by atoms with Crippen molar-refractivity contribution in [2.45, 2.75) is 0 Å². The number of furan rings is 1. The minimum atomic E-state index is 0.603. The van der Waals surface area contributed by atoms with E-state index in [4.69, 9.17) is 19.4 Å². The Morgan fingerprint density at radius 1 is 0.319 bits per heavy atom. The standard InChI is InChI=1S/C43H25N3O/c1-3-10-26(11-4-1)27-18-20-29(21-19-27)42-44-41(28-12-5-2-6-13-28)45-43(46-42)30-22-23-34-37(24-30)47-38-25-36-32-15-8-7-14-31(32)33-16-9-17-35(39(33)36)40(34)38/h1-25H. The van der Waals surface area contributed by atoms with Gasteiger partial charge in [0.15, 0.2) is 17.5 Å². The lowest BCUT2D eigenvalue weighted by atomic mass is 9.98. The first-order valence-corrected chi connectivity index (χ1v) is 15.8. The fraction of sp³-hybridized carbons (Fsp3) is 0. The van der Waals surface area contributed by atoms with Crippen molar-refractivity contribution in [3.8, 4) is 67.5 Å². The molecule has 0 atom stereocenters. The fourth-order valence-corrected chi connectivity index (χ4v) is 7.07. The van der Waals surface area contributed by atoms with Crippen molar-refractivity contribution in [3.05, 3.63) is 152 Å². The number of benzene rings is 7. The Bertz CT molecular complexity index is 2660. The predicted molar refractivity (Wildman–Crippen MR) is 191 cm³/mol. The molecule has 0 amide bonds. The van der Waals surface area contributed by atoms with Crippen molar-refractivity contribution in [1.29, 1.82) is 0 Å². The first kappa shape index (κ1) is 25.9. The maximum atomic E-state index is 6.62. The van der Waals surface area contributed by atoms with Crippen LogP contribution >= 0.6 is 0 Å². The first-order valence-electron chi connectivity index (χ1n) is 15.8. The van der Waals surface area contributed by atoms with Crippen molar-refractivity contribution in [3.63, 3.8) is 0 Å². The Morgan fingerprint density at radius 3 is 1.57 bits per heavy atom. The molecular formula is C43H25N3O. The average Bonchev–Trinajstić information content (AvgIpc) is 3.68. The summed E-state index contributed by atoms with van der Waals surface area (Å²) in [4.78, 5) is 14.9. The largest absolute Gasteiger partial charge is 0.456 e. The van der Waals surface area contributed by atoms with Gasteiger partial charge in [-0.2, -0.15) is 0 Å². The summed E-state index contributed by atoms with van der Waals surface area (Å²) in [5.41, 5.74) is 11.8. The lowest BCUT2D eigenvalue weighted by Gasteiger charge is -2.09. The van der Waals surface area contributed by atoms with E-state index in [1.54, 1.807) is 0 Å². The Hall–Kier alpha value is -6.39. The molecule has 0 N–H and O–H groups in total. The van der Waals surface area contributed by atoms with E-state index < -0.39 is 0 Å². The molecule has 2 heterocycles. The molecule has 9 aromatic rings. The molecule has 1 aliphatic rings. The normalized spacial score (nSPS) is 11.8. The van der Waals surface area contributed by atoms with Gasteiger partial charge in [0.05, 0.1) is 0 Å². The van der Waals surface area contributed by atoms with E-state index in [-0.39, 0.29) is 0 Å². The molecule has 0 aliphatic heterocycles. The zero-order valence-corrected chi connectivity index (χ0v) is 25.2. The summed E-state index contributed by atoms with van der Waals surface area (Å²) >= 11 is 0. The Labute approximate surface area is 270 Å². The molecule has 4 nitrogen and oxygen atoms in total. The van der Waals surface area contributed by atoms with Gasteiger partial charge in [-0.25, -0.2) is 15.0 Å². The molecule has 2 aromatic heterocycles. The number of hydrogen-bond donors (Lipinski definition) is 0. The first-order chi connectivity index (χ1) is 23.3. The van der Waals surface area contributed by atoms with Gasteiger partial charge >= 0.3 is 0 Å². The third-order valence-electron chi connectivity index (χ3n) is 9.28. The van der Waals surface area contributed by atoms with Crippen LogP contribution in [0.15, 0.2) is 156 Å². The summed E-state index contributed by atoms with van der Waals surface area (Å²) in [6, 6.07) is 52.6. The van der Waals surface area contributed by atoms with Gasteiger partial charge in [-0.1, -0.05) is 133 Å². The van der Waals surface area contributed by atoms with E-state index in [2.05, 4.69) is 115 Å². The highest BCUT2D eigenvalue weighted by molar-refractivity contribution is 6.28. The van der Waals surface area contributed by atoms with Gasteiger partial charge in [-0.05, 0) is 62.4 Å². The van der Waals surface area contributed by atoms with E-state index in [0.29, 0.717) is 17.5 Å². The highest BCUT2D eigenvalue weighted by Crippen LogP contribution is 2.50. The quantitative estimate of drug-likeness (QED) is 0.202. The summed E-state index contributed by atoms with van der Waals surface area (Å²) in [5.74, 6) is 1.86. The molecule has 0 saturated heterocycles. The zero-order chi connectivity index (χ0) is 30.9. The van der Waals surface area contributed by atoms with Gasteiger partial charge in [0.1, 0.15) is 11.2 Å². The second kappa shape index (κ2) is 10.1. The molecule has 0 fully saturated rings. The van der Waals surface area contributed by atoms with Crippen LogP contribution in [0.2, 0.25) is 0 Å². The van der Waals surface area contributed by atoms with E-state index in [9.17, 15) is 0 Å². The van der Waals surface area contributed by atoms with E-state index in [1.165, 1.54) is 38.6 Å². The molecule has 0 unspecified atom stereocenters. The Morgan fingerprint density at radius 2 is 0.851 bits per heavy atom. The molecule has 1 aliphatic carbocycles. The number of aromatic nitrogens is 3. The minimum Gasteiger partial charge on any atom is -0.456 e. The molecule has 0 bridgehead atoms. The van der Waals surface area contributed by atoms with Gasteiger partial charge < -0.3 is 4.42 Å². The minimum absolute atomic E-state index is 0.603. The topological polar surface area (TPSA) is 51.8 Å². The van der Waals surface area contributed by atoms with Crippen LogP contribution in [0, 0.1) is 0 Å². The molecule has 0 spiro atoms. The van der Waals surface area contributed by atoms with Crippen LogP contribution in [0.5, 0.6) is 0 Å². The summed E-state index contributed by atoms with van der Waals surface area (Å²) < 4.78 is 6.62. The van der Waals surface area contributed by atoms with Crippen molar-refractivity contribution in [1.82, 2.24) is 15.0 Å². The molecule has 0 saturated carbocycles. The van der Waals surface area contributed by atoms with Crippen LogP contribution in [-0.2, 0) is 0 Å². The van der Waals surface area contributed by atoms with Gasteiger partial charge in [0, 0.05) is 27.5 Å². The molecule has 10 rings (SSSR count). The predicted octanol–water partition coefficient (Wildman–Crippen LogP) is 11.2. The molecule has 47 heavy (non-hydrogen) atoms. The number of nitrogens with zero attached hydrogens (tertiary/aromatic N) is 3. The van der Waals surface area contributed by atoms with Gasteiger partial charge in [-0.15, -0.1) is 0 Å². The number of fused-ring (bicyclic) bond motifs is 7. The van der Waals surface area contributed by atoms with Gasteiger partial charge in [0.2, 0.25) is 0 Å². The highest BCUT2D eigenvalue weighted by atomic mass is 16.3. The summed E-state index contributed by atoms with van der Waals surface area (Å²) in [5, 5.41) is 4.73. The van der Waals surface area contributed by atoms with E-state index >= 15 is 0 Å². The van der Waals surface area contributed by atoms with Crippen LogP contribution in [0.1, 0.15) is 0 Å². The number of rotatable bonds is 4.